The lowest BCUT2D eigenvalue weighted by Crippen LogP contribution is -2.24. The lowest BCUT2D eigenvalue weighted by Gasteiger charge is -2.29. The molecule has 0 radical (unpaired) electrons. The van der Waals surface area contributed by atoms with E-state index in [9.17, 15) is 4.79 Å². The van der Waals surface area contributed by atoms with Gasteiger partial charge in [0.25, 0.3) is 0 Å². The van der Waals surface area contributed by atoms with Crippen LogP contribution in [0.4, 0.5) is 0 Å². The van der Waals surface area contributed by atoms with Crippen molar-refractivity contribution in [1.29, 1.82) is 0 Å². The summed E-state index contributed by atoms with van der Waals surface area (Å²) < 4.78 is 0. The summed E-state index contributed by atoms with van der Waals surface area (Å²) in [6.07, 6.45) is 4.02. The van der Waals surface area contributed by atoms with Crippen LogP contribution in [0.2, 0.25) is 0 Å². The minimum absolute atomic E-state index is 0.222. The van der Waals surface area contributed by atoms with E-state index in [1.54, 1.807) is 0 Å². The van der Waals surface area contributed by atoms with E-state index in [0.29, 0.717) is 6.04 Å². The predicted octanol–water partition coefficient (Wildman–Crippen LogP) is 4.34. The zero-order valence-electron chi connectivity index (χ0n) is 13.0. The van der Waals surface area contributed by atoms with Crippen LogP contribution in [0.5, 0.6) is 0 Å². The lowest BCUT2D eigenvalue weighted by molar-refractivity contribution is -0.121. The first-order valence-corrected chi connectivity index (χ1v) is 7.46. The van der Waals surface area contributed by atoms with Gasteiger partial charge in [0.2, 0.25) is 0 Å². The molecule has 1 unspecified atom stereocenters. The van der Waals surface area contributed by atoms with Crippen molar-refractivity contribution in [3.63, 3.8) is 0 Å². The maximum atomic E-state index is 12.2. The summed E-state index contributed by atoms with van der Waals surface area (Å²) in [7, 11) is 0. The molecule has 1 saturated heterocycles. The van der Waals surface area contributed by atoms with Gasteiger partial charge in [0.15, 0.2) is 5.78 Å². The van der Waals surface area contributed by atoms with Crippen molar-refractivity contribution >= 4 is 5.78 Å². The second-order valence-electron chi connectivity index (χ2n) is 6.63. The molecule has 0 N–H and O–H groups in total. The van der Waals surface area contributed by atoms with Crippen LogP contribution >= 0.6 is 0 Å². The number of likely N-dealkylation sites (tertiary alicyclic amines) is 1. The van der Waals surface area contributed by atoms with Crippen molar-refractivity contribution in [3.05, 3.63) is 47.7 Å². The number of benzene rings is 1. The molecule has 0 amide bonds. The van der Waals surface area contributed by atoms with E-state index in [2.05, 4.69) is 36.1 Å². The largest absolute Gasteiger partial charge is 0.368 e. The summed E-state index contributed by atoms with van der Waals surface area (Å²) >= 11 is 0. The van der Waals surface area contributed by atoms with Crippen LogP contribution in [-0.4, -0.2) is 17.2 Å². The number of ketones is 1. The highest BCUT2D eigenvalue weighted by molar-refractivity contribution is 5.94. The highest BCUT2D eigenvalue weighted by atomic mass is 16.1. The third-order valence-corrected chi connectivity index (χ3v) is 3.99. The maximum absolute atomic E-state index is 12.2. The van der Waals surface area contributed by atoms with Crippen LogP contribution in [0.1, 0.15) is 52.1 Å². The normalized spacial score (nSPS) is 19.4. The molecule has 0 bridgehead atoms. The van der Waals surface area contributed by atoms with Gasteiger partial charge in [0.05, 0.1) is 6.04 Å². The van der Waals surface area contributed by atoms with Gasteiger partial charge in [-0.2, -0.15) is 0 Å². The van der Waals surface area contributed by atoms with Gasteiger partial charge in [-0.05, 0) is 25.3 Å². The molecular weight excluding hydrogens is 246 g/mol. The maximum Gasteiger partial charge on any atom is 0.162 e. The van der Waals surface area contributed by atoms with Crippen molar-refractivity contribution in [2.24, 2.45) is 5.41 Å². The Morgan fingerprint density at radius 2 is 1.90 bits per heavy atom. The molecule has 2 rings (SSSR count). The van der Waals surface area contributed by atoms with Crippen LogP contribution < -0.4 is 0 Å². The predicted molar refractivity (Wildman–Crippen MR) is 83.3 cm³/mol. The molecule has 1 aliphatic rings. The number of carbonyl (C=O) groups excluding carboxylic acids is 1. The summed E-state index contributed by atoms with van der Waals surface area (Å²) in [4.78, 5) is 14.6. The standard InChI is InChI=1S/C18H25NO/c1-14(15-9-6-5-7-10-15)19-12-8-11-16(19)13-17(20)18(2,3)4/h5-7,9-10,13-14H,8,11-12H2,1-4H3/b16-13+. The molecule has 1 aromatic rings. The van der Waals surface area contributed by atoms with Gasteiger partial charge in [0, 0.05) is 23.7 Å². The van der Waals surface area contributed by atoms with Crippen molar-refractivity contribution in [2.45, 2.75) is 46.6 Å². The van der Waals surface area contributed by atoms with Crippen molar-refractivity contribution < 1.29 is 4.79 Å². The third-order valence-electron chi connectivity index (χ3n) is 3.99. The van der Waals surface area contributed by atoms with E-state index in [-0.39, 0.29) is 11.2 Å². The van der Waals surface area contributed by atoms with Crippen LogP contribution in [-0.2, 0) is 4.79 Å². The van der Waals surface area contributed by atoms with Gasteiger partial charge in [-0.3, -0.25) is 4.79 Å². The second-order valence-corrected chi connectivity index (χ2v) is 6.63. The first kappa shape index (κ1) is 14.8. The summed E-state index contributed by atoms with van der Waals surface area (Å²) in [5, 5.41) is 0. The molecule has 20 heavy (non-hydrogen) atoms. The van der Waals surface area contributed by atoms with E-state index in [0.717, 1.165) is 19.4 Å². The van der Waals surface area contributed by atoms with Crippen molar-refractivity contribution in [3.8, 4) is 0 Å². The number of nitrogens with zero attached hydrogens (tertiary/aromatic N) is 1. The summed E-state index contributed by atoms with van der Waals surface area (Å²) in [6.45, 7) is 9.19. The van der Waals surface area contributed by atoms with E-state index >= 15 is 0 Å². The number of allylic oxidation sites excluding steroid dienone is 2. The topological polar surface area (TPSA) is 20.3 Å². The van der Waals surface area contributed by atoms with Crippen LogP contribution in [0, 0.1) is 5.41 Å². The Labute approximate surface area is 122 Å². The van der Waals surface area contributed by atoms with Crippen molar-refractivity contribution in [1.82, 2.24) is 4.90 Å². The first-order chi connectivity index (χ1) is 9.39. The number of carbonyl (C=O) groups is 1. The highest BCUT2D eigenvalue weighted by Crippen LogP contribution is 2.32. The lowest BCUT2D eigenvalue weighted by atomic mass is 9.90. The van der Waals surface area contributed by atoms with E-state index in [4.69, 9.17) is 0 Å². The first-order valence-electron chi connectivity index (χ1n) is 7.46. The van der Waals surface area contributed by atoms with Gasteiger partial charge in [-0.25, -0.2) is 0 Å². The fraction of sp³-hybridized carbons (Fsp3) is 0.500. The van der Waals surface area contributed by atoms with E-state index < -0.39 is 0 Å². The molecule has 0 aliphatic carbocycles. The Bertz CT molecular complexity index is 496. The molecule has 108 valence electrons. The Balaban J connectivity index is 2.20. The second kappa shape index (κ2) is 5.82. The van der Waals surface area contributed by atoms with Gasteiger partial charge in [-0.1, -0.05) is 51.1 Å². The van der Waals surface area contributed by atoms with Gasteiger partial charge in [0.1, 0.15) is 0 Å². The average Bonchev–Trinajstić information content (AvgIpc) is 2.86. The zero-order chi connectivity index (χ0) is 14.8. The van der Waals surface area contributed by atoms with Crippen LogP contribution in [0.25, 0.3) is 0 Å². The molecular formula is C18H25NO. The SMILES string of the molecule is CC(c1ccccc1)N1CCC/C1=C\C(=O)C(C)(C)C. The quantitative estimate of drug-likeness (QED) is 0.762. The Hall–Kier alpha value is -1.57. The molecule has 0 aromatic heterocycles. The molecule has 2 nitrogen and oxygen atoms in total. The Morgan fingerprint density at radius 3 is 2.50 bits per heavy atom. The Morgan fingerprint density at radius 1 is 1.25 bits per heavy atom. The molecule has 1 aliphatic heterocycles. The highest BCUT2D eigenvalue weighted by Gasteiger charge is 2.26. The monoisotopic (exact) mass is 271 g/mol. The number of rotatable bonds is 3. The molecule has 0 spiro atoms. The molecule has 1 fully saturated rings. The molecule has 2 heteroatoms. The van der Waals surface area contributed by atoms with Gasteiger partial charge < -0.3 is 4.90 Å². The molecule has 1 heterocycles. The van der Waals surface area contributed by atoms with Crippen molar-refractivity contribution in [2.75, 3.05) is 6.54 Å². The fourth-order valence-electron chi connectivity index (χ4n) is 2.59. The van der Waals surface area contributed by atoms with Gasteiger partial charge in [-0.15, -0.1) is 0 Å². The zero-order valence-corrected chi connectivity index (χ0v) is 13.0. The average molecular weight is 271 g/mol. The Kier molecular flexibility index (Phi) is 4.32. The molecule has 0 saturated carbocycles. The van der Waals surface area contributed by atoms with Gasteiger partial charge >= 0.3 is 0 Å². The van der Waals surface area contributed by atoms with Crippen LogP contribution in [0.15, 0.2) is 42.1 Å². The molecule has 1 atom stereocenters. The minimum atomic E-state index is -0.294. The summed E-state index contributed by atoms with van der Waals surface area (Å²) in [5.74, 6) is 0.222. The minimum Gasteiger partial charge on any atom is -0.368 e. The number of hydrogen-bond acceptors (Lipinski definition) is 2. The molecule has 1 aromatic carbocycles. The summed E-state index contributed by atoms with van der Waals surface area (Å²) in [6, 6.07) is 10.8. The van der Waals surface area contributed by atoms with Crippen LogP contribution in [0.3, 0.4) is 0 Å². The third kappa shape index (κ3) is 3.30. The smallest absolute Gasteiger partial charge is 0.162 e. The van der Waals surface area contributed by atoms with E-state index in [1.807, 2.05) is 32.9 Å². The number of hydrogen-bond donors (Lipinski definition) is 0. The van der Waals surface area contributed by atoms with E-state index in [1.165, 1.54) is 11.3 Å². The fourth-order valence-corrected chi connectivity index (χ4v) is 2.59. The summed E-state index contributed by atoms with van der Waals surface area (Å²) in [5.41, 5.74) is 2.21.